The summed E-state index contributed by atoms with van der Waals surface area (Å²) in [6.45, 7) is 0. The molecule has 0 atom stereocenters. The molecule has 1 heterocycles. The van der Waals surface area contributed by atoms with Crippen molar-refractivity contribution < 1.29 is 14.6 Å². The maximum atomic E-state index is 11.3. The standard InChI is InChI=1S/C15H15NO3/c1-19-15(18)12-7-4-11(5-8-12)6-9-13-14(17)3-2-10-16-13/h2-5,7-8,10,17H,6,9H2,1H3. The Balaban J connectivity index is 2.01. The Morgan fingerprint density at radius 3 is 2.58 bits per heavy atom. The maximum Gasteiger partial charge on any atom is 0.337 e. The number of aryl methyl sites for hydroxylation is 2. The number of carbonyl (C=O) groups excluding carboxylic acids is 1. The van der Waals surface area contributed by atoms with Crippen LogP contribution in [0.25, 0.3) is 0 Å². The molecule has 2 rings (SSSR count). The van der Waals surface area contributed by atoms with Crippen molar-refractivity contribution in [3.63, 3.8) is 0 Å². The van der Waals surface area contributed by atoms with Crippen LogP contribution in [0.2, 0.25) is 0 Å². The lowest BCUT2D eigenvalue weighted by Crippen LogP contribution is -2.01. The molecule has 0 spiro atoms. The zero-order valence-corrected chi connectivity index (χ0v) is 10.7. The Morgan fingerprint density at radius 1 is 1.21 bits per heavy atom. The summed E-state index contributed by atoms with van der Waals surface area (Å²) in [5.74, 6) is -0.123. The summed E-state index contributed by atoms with van der Waals surface area (Å²) in [5.41, 5.74) is 2.30. The van der Waals surface area contributed by atoms with Gasteiger partial charge < -0.3 is 9.84 Å². The first kappa shape index (κ1) is 13.1. The lowest BCUT2D eigenvalue weighted by molar-refractivity contribution is 0.0600. The van der Waals surface area contributed by atoms with Gasteiger partial charge in [-0.25, -0.2) is 4.79 Å². The minimum atomic E-state index is -0.339. The highest BCUT2D eigenvalue weighted by Crippen LogP contribution is 2.15. The molecule has 0 unspecified atom stereocenters. The highest BCUT2D eigenvalue weighted by Gasteiger charge is 2.05. The Hall–Kier alpha value is -2.36. The van der Waals surface area contributed by atoms with Gasteiger partial charge in [-0.3, -0.25) is 4.98 Å². The summed E-state index contributed by atoms with van der Waals surface area (Å²) in [7, 11) is 1.36. The molecule has 0 amide bonds. The third-order valence-electron chi connectivity index (χ3n) is 2.89. The number of esters is 1. The van der Waals surface area contributed by atoms with Crippen molar-refractivity contribution in [2.45, 2.75) is 12.8 Å². The highest BCUT2D eigenvalue weighted by atomic mass is 16.5. The van der Waals surface area contributed by atoms with Crippen LogP contribution in [-0.2, 0) is 17.6 Å². The van der Waals surface area contributed by atoms with Gasteiger partial charge in [-0.1, -0.05) is 12.1 Å². The average Bonchev–Trinajstić information content (AvgIpc) is 2.46. The molecule has 0 bridgehead atoms. The Bertz CT molecular complexity index is 564. The molecule has 0 aliphatic carbocycles. The number of pyridine rings is 1. The minimum absolute atomic E-state index is 0.216. The van der Waals surface area contributed by atoms with E-state index >= 15 is 0 Å². The second-order valence-corrected chi connectivity index (χ2v) is 4.16. The summed E-state index contributed by atoms with van der Waals surface area (Å²) < 4.78 is 4.64. The van der Waals surface area contributed by atoms with E-state index in [2.05, 4.69) is 9.72 Å². The van der Waals surface area contributed by atoms with Crippen molar-refractivity contribution in [1.29, 1.82) is 0 Å². The van der Waals surface area contributed by atoms with Gasteiger partial charge in [0, 0.05) is 6.20 Å². The summed E-state index contributed by atoms with van der Waals surface area (Å²) in [6.07, 6.45) is 3.08. The first-order valence-corrected chi connectivity index (χ1v) is 6.01. The van der Waals surface area contributed by atoms with Crippen molar-refractivity contribution in [2.75, 3.05) is 7.11 Å². The summed E-state index contributed by atoms with van der Waals surface area (Å²) in [4.78, 5) is 15.4. The van der Waals surface area contributed by atoms with Crippen LogP contribution in [-0.4, -0.2) is 23.2 Å². The first-order chi connectivity index (χ1) is 9.20. The van der Waals surface area contributed by atoms with Crippen LogP contribution in [0.4, 0.5) is 0 Å². The number of ether oxygens (including phenoxy) is 1. The van der Waals surface area contributed by atoms with E-state index in [1.165, 1.54) is 7.11 Å². The number of hydrogen-bond acceptors (Lipinski definition) is 4. The third-order valence-corrected chi connectivity index (χ3v) is 2.89. The van der Waals surface area contributed by atoms with Crippen LogP contribution < -0.4 is 0 Å². The highest BCUT2D eigenvalue weighted by molar-refractivity contribution is 5.89. The maximum absolute atomic E-state index is 11.3. The van der Waals surface area contributed by atoms with E-state index in [9.17, 15) is 9.90 Å². The van der Waals surface area contributed by atoms with Crippen LogP contribution in [0.5, 0.6) is 5.75 Å². The van der Waals surface area contributed by atoms with Crippen molar-refractivity contribution >= 4 is 5.97 Å². The quantitative estimate of drug-likeness (QED) is 0.854. The molecule has 98 valence electrons. The van der Waals surface area contributed by atoms with E-state index in [4.69, 9.17) is 0 Å². The van der Waals surface area contributed by atoms with Crippen LogP contribution >= 0.6 is 0 Å². The van der Waals surface area contributed by atoms with Crippen molar-refractivity contribution in [1.82, 2.24) is 4.98 Å². The largest absolute Gasteiger partial charge is 0.506 e. The molecule has 2 aromatic rings. The van der Waals surface area contributed by atoms with Gasteiger partial charge in [-0.2, -0.15) is 0 Å². The molecule has 0 fully saturated rings. The fourth-order valence-corrected chi connectivity index (χ4v) is 1.81. The number of benzene rings is 1. The van der Waals surface area contributed by atoms with Crippen LogP contribution in [0.1, 0.15) is 21.6 Å². The molecule has 4 heteroatoms. The number of rotatable bonds is 4. The predicted octanol–water partition coefficient (Wildman–Crippen LogP) is 2.36. The molecular formula is C15H15NO3. The number of hydrogen-bond donors (Lipinski definition) is 1. The number of methoxy groups -OCH3 is 1. The lowest BCUT2D eigenvalue weighted by Gasteiger charge is -2.04. The van der Waals surface area contributed by atoms with E-state index in [0.717, 1.165) is 12.0 Å². The smallest absolute Gasteiger partial charge is 0.337 e. The first-order valence-electron chi connectivity index (χ1n) is 6.01. The minimum Gasteiger partial charge on any atom is -0.506 e. The second-order valence-electron chi connectivity index (χ2n) is 4.16. The molecule has 19 heavy (non-hydrogen) atoms. The molecule has 4 nitrogen and oxygen atoms in total. The third kappa shape index (κ3) is 3.31. The molecule has 0 aliphatic heterocycles. The van der Waals surface area contributed by atoms with Crippen molar-refractivity contribution in [2.24, 2.45) is 0 Å². The Kier molecular flexibility index (Phi) is 4.13. The molecule has 0 saturated heterocycles. The molecular weight excluding hydrogens is 242 g/mol. The van der Waals surface area contributed by atoms with Gasteiger partial charge in [0.15, 0.2) is 0 Å². The van der Waals surface area contributed by atoms with Crippen LogP contribution in [0.3, 0.4) is 0 Å². The zero-order chi connectivity index (χ0) is 13.7. The summed E-state index contributed by atoms with van der Waals surface area (Å²) in [5, 5.41) is 9.61. The van der Waals surface area contributed by atoms with Gasteiger partial charge in [-0.15, -0.1) is 0 Å². The molecule has 0 saturated carbocycles. The van der Waals surface area contributed by atoms with E-state index in [0.29, 0.717) is 17.7 Å². The Labute approximate surface area is 111 Å². The zero-order valence-electron chi connectivity index (χ0n) is 10.7. The number of carbonyl (C=O) groups is 1. The van der Waals surface area contributed by atoms with Gasteiger partial charge in [-0.05, 0) is 42.7 Å². The van der Waals surface area contributed by atoms with Crippen LogP contribution in [0.15, 0.2) is 42.6 Å². The fourth-order valence-electron chi connectivity index (χ4n) is 1.81. The SMILES string of the molecule is COC(=O)c1ccc(CCc2ncccc2O)cc1. The van der Waals surface area contributed by atoms with Gasteiger partial charge in [0.1, 0.15) is 5.75 Å². The number of aromatic nitrogens is 1. The van der Waals surface area contributed by atoms with Crippen molar-refractivity contribution in [3.05, 3.63) is 59.4 Å². The second kappa shape index (κ2) is 6.00. The van der Waals surface area contributed by atoms with Gasteiger partial charge in [0.25, 0.3) is 0 Å². The molecule has 1 aromatic carbocycles. The predicted molar refractivity (Wildman–Crippen MR) is 71.1 cm³/mol. The fraction of sp³-hybridized carbons (Fsp3) is 0.200. The summed E-state index contributed by atoms with van der Waals surface area (Å²) in [6, 6.07) is 10.6. The van der Waals surface area contributed by atoms with Gasteiger partial charge >= 0.3 is 5.97 Å². The van der Waals surface area contributed by atoms with Gasteiger partial charge in [0.2, 0.25) is 0 Å². The van der Waals surface area contributed by atoms with Gasteiger partial charge in [0.05, 0.1) is 18.4 Å². The number of aromatic hydroxyl groups is 1. The van der Waals surface area contributed by atoms with E-state index in [1.807, 2.05) is 12.1 Å². The molecule has 1 aromatic heterocycles. The van der Waals surface area contributed by atoms with E-state index in [-0.39, 0.29) is 11.7 Å². The molecule has 0 radical (unpaired) electrons. The van der Waals surface area contributed by atoms with Crippen molar-refractivity contribution in [3.8, 4) is 5.75 Å². The van der Waals surface area contributed by atoms with E-state index in [1.54, 1.807) is 30.5 Å². The average molecular weight is 257 g/mol. The van der Waals surface area contributed by atoms with E-state index < -0.39 is 0 Å². The van der Waals surface area contributed by atoms with Crippen LogP contribution in [0, 0.1) is 0 Å². The lowest BCUT2D eigenvalue weighted by atomic mass is 10.1. The summed E-state index contributed by atoms with van der Waals surface area (Å²) >= 11 is 0. The Morgan fingerprint density at radius 2 is 1.95 bits per heavy atom. The monoisotopic (exact) mass is 257 g/mol. The normalized spacial score (nSPS) is 10.2. The molecule has 1 N–H and O–H groups in total. The molecule has 0 aliphatic rings. The topological polar surface area (TPSA) is 59.4 Å². The number of nitrogens with zero attached hydrogens (tertiary/aromatic N) is 1.